The second-order valence-electron chi connectivity index (χ2n) is 3.41. The zero-order chi connectivity index (χ0) is 8.81. The maximum atomic E-state index is 5.11. The van der Waals surface area contributed by atoms with E-state index < -0.39 is 0 Å². The van der Waals surface area contributed by atoms with Crippen molar-refractivity contribution >= 4 is 0 Å². The Kier molecular flexibility index (Phi) is 4.33. The normalized spacial score (nSPS) is 30.2. The molecule has 1 rings (SSSR count). The lowest BCUT2D eigenvalue weighted by Crippen LogP contribution is -2.18. The molecule has 0 bridgehead atoms. The highest BCUT2D eigenvalue weighted by Crippen LogP contribution is 2.14. The molecular weight excluding hydrogens is 150 g/mol. The summed E-state index contributed by atoms with van der Waals surface area (Å²) < 4.78 is 5.11. The second-order valence-corrected chi connectivity index (χ2v) is 3.41. The van der Waals surface area contributed by atoms with E-state index in [0.29, 0.717) is 12.0 Å². The average Bonchev–Trinajstić information content (AvgIpc) is 2.50. The first-order chi connectivity index (χ1) is 5.86. The van der Waals surface area contributed by atoms with Crippen LogP contribution in [0.3, 0.4) is 0 Å². The Hall–Kier alpha value is -0.340. The smallest absolute Gasteiger partial charge is 0.0503 e. The largest absolute Gasteiger partial charge is 0.384 e. The number of allylic oxidation sites excluding steroid dienone is 1. The van der Waals surface area contributed by atoms with Gasteiger partial charge in [-0.15, -0.1) is 0 Å². The van der Waals surface area contributed by atoms with Crippen molar-refractivity contribution in [2.24, 2.45) is 5.92 Å². The number of hydrogen-bond donors (Lipinski definition) is 1. The van der Waals surface area contributed by atoms with Gasteiger partial charge < -0.3 is 10.1 Å². The summed E-state index contributed by atoms with van der Waals surface area (Å²) in [5.41, 5.74) is 0. The summed E-state index contributed by atoms with van der Waals surface area (Å²) in [4.78, 5) is 0. The molecule has 2 unspecified atom stereocenters. The van der Waals surface area contributed by atoms with Crippen molar-refractivity contribution in [3.8, 4) is 0 Å². The van der Waals surface area contributed by atoms with E-state index in [-0.39, 0.29) is 0 Å². The van der Waals surface area contributed by atoms with Crippen LogP contribution in [0.4, 0.5) is 0 Å². The minimum absolute atomic E-state index is 0.588. The van der Waals surface area contributed by atoms with Crippen LogP contribution in [0.1, 0.15) is 19.8 Å². The third-order valence-electron chi connectivity index (χ3n) is 2.26. The van der Waals surface area contributed by atoms with Gasteiger partial charge in [-0.2, -0.15) is 0 Å². The molecule has 0 aromatic rings. The topological polar surface area (TPSA) is 21.3 Å². The van der Waals surface area contributed by atoms with E-state index in [1.54, 1.807) is 7.11 Å². The number of nitrogens with one attached hydrogen (secondary N) is 1. The molecule has 2 nitrogen and oxygen atoms in total. The first-order valence-electron chi connectivity index (χ1n) is 4.75. The van der Waals surface area contributed by atoms with E-state index in [1.807, 2.05) is 0 Å². The van der Waals surface area contributed by atoms with Crippen LogP contribution in [0.5, 0.6) is 0 Å². The number of rotatable bonds is 4. The van der Waals surface area contributed by atoms with Crippen LogP contribution in [0, 0.1) is 5.92 Å². The molecule has 1 N–H and O–H groups in total. The maximum Gasteiger partial charge on any atom is 0.0503 e. The molecule has 70 valence electrons. The minimum Gasteiger partial charge on any atom is -0.384 e. The standard InChI is InChI=1S/C10H19NO/c1-3-4-5-10-6-9(7-11-10)8-12-2/h4-5,9-11H,3,6-8H2,1-2H3/b5-4+. The van der Waals surface area contributed by atoms with Crippen LogP contribution in [0.15, 0.2) is 12.2 Å². The molecule has 0 aromatic carbocycles. The third-order valence-corrected chi connectivity index (χ3v) is 2.26. The van der Waals surface area contributed by atoms with Gasteiger partial charge in [0.1, 0.15) is 0 Å². The van der Waals surface area contributed by atoms with Crippen molar-refractivity contribution in [3.05, 3.63) is 12.2 Å². The van der Waals surface area contributed by atoms with Crippen molar-refractivity contribution in [2.45, 2.75) is 25.8 Å². The predicted molar refractivity (Wildman–Crippen MR) is 51.2 cm³/mol. The number of hydrogen-bond acceptors (Lipinski definition) is 2. The highest BCUT2D eigenvalue weighted by Gasteiger charge is 2.21. The van der Waals surface area contributed by atoms with E-state index in [1.165, 1.54) is 6.42 Å². The van der Waals surface area contributed by atoms with Crippen LogP contribution in [0.25, 0.3) is 0 Å². The zero-order valence-electron chi connectivity index (χ0n) is 8.05. The van der Waals surface area contributed by atoms with E-state index in [0.717, 1.165) is 19.6 Å². The second kappa shape index (κ2) is 5.33. The van der Waals surface area contributed by atoms with Gasteiger partial charge >= 0.3 is 0 Å². The van der Waals surface area contributed by atoms with E-state index in [2.05, 4.69) is 24.4 Å². The Morgan fingerprint density at radius 2 is 2.42 bits per heavy atom. The van der Waals surface area contributed by atoms with Gasteiger partial charge in [0.15, 0.2) is 0 Å². The summed E-state index contributed by atoms with van der Waals surface area (Å²) in [6, 6.07) is 0.588. The lowest BCUT2D eigenvalue weighted by molar-refractivity contribution is 0.159. The van der Waals surface area contributed by atoms with Crippen LogP contribution in [-0.4, -0.2) is 26.3 Å². The SMILES string of the molecule is CC/C=C/C1CC(COC)CN1. The number of methoxy groups -OCH3 is 1. The van der Waals surface area contributed by atoms with Gasteiger partial charge in [-0.3, -0.25) is 0 Å². The van der Waals surface area contributed by atoms with Crippen LogP contribution in [-0.2, 0) is 4.74 Å². The summed E-state index contributed by atoms with van der Waals surface area (Å²) >= 11 is 0. The minimum atomic E-state index is 0.588. The molecule has 1 heterocycles. The molecule has 1 saturated heterocycles. The fourth-order valence-corrected chi connectivity index (χ4v) is 1.65. The van der Waals surface area contributed by atoms with Gasteiger partial charge in [-0.25, -0.2) is 0 Å². The van der Waals surface area contributed by atoms with Gasteiger partial charge in [0.2, 0.25) is 0 Å². The fraction of sp³-hybridized carbons (Fsp3) is 0.800. The summed E-state index contributed by atoms with van der Waals surface area (Å²) in [5, 5.41) is 3.46. The Morgan fingerprint density at radius 3 is 3.08 bits per heavy atom. The molecule has 0 aromatic heterocycles. The predicted octanol–water partition coefficient (Wildman–Crippen LogP) is 1.58. The van der Waals surface area contributed by atoms with Crippen molar-refractivity contribution in [3.63, 3.8) is 0 Å². The summed E-state index contributed by atoms with van der Waals surface area (Å²) in [6.07, 6.45) is 6.86. The van der Waals surface area contributed by atoms with Crippen molar-refractivity contribution < 1.29 is 4.74 Å². The Balaban J connectivity index is 2.21. The van der Waals surface area contributed by atoms with E-state index in [9.17, 15) is 0 Å². The molecule has 1 fully saturated rings. The maximum absolute atomic E-state index is 5.11. The molecule has 1 aliphatic heterocycles. The molecule has 2 heteroatoms. The van der Waals surface area contributed by atoms with Crippen molar-refractivity contribution in [2.75, 3.05) is 20.3 Å². The summed E-state index contributed by atoms with van der Waals surface area (Å²) in [5.74, 6) is 0.710. The molecular formula is C10H19NO. The van der Waals surface area contributed by atoms with E-state index >= 15 is 0 Å². The molecule has 0 radical (unpaired) electrons. The first kappa shape index (κ1) is 9.75. The Bertz CT molecular complexity index is 145. The quantitative estimate of drug-likeness (QED) is 0.645. The van der Waals surface area contributed by atoms with Gasteiger partial charge in [-0.1, -0.05) is 19.1 Å². The lowest BCUT2D eigenvalue weighted by atomic mass is 10.1. The van der Waals surface area contributed by atoms with E-state index in [4.69, 9.17) is 4.74 Å². The Morgan fingerprint density at radius 1 is 1.58 bits per heavy atom. The van der Waals surface area contributed by atoms with Gasteiger partial charge in [0.25, 0.3) is 0 Å². The van der Waals surface area contributed by atoms with Crippen molar-refractivity contribution in [1.82, 2.24) is 5.32 Å². The number of ether oxygens (including phenoxy) is 1. The molecule has 0 amide bonds. The highest BCUT2D eigenvalue weighted by atomic mass is 16.5. The lowest BCUT2D eigenvalue weighted by Gasteiger charge is -2.05. The van der Waals surface area contributed by atoms with Gasteiger partial charge in [0.05, 0.1) is 6.61 Å². The molecule has 2 atom stereocenters. The molecule has 0 spiro atoms. The summed E-state index contributed by atoms with van der Waals surface area (Å²) in [6.45, 7) is 4.16. The van der Waals surface area contributed by atoms with Crippen molar-refractivity contribution in [1.29, 1.82) is 0 Å². The molecule has 1 aliphatic rings. The van der Waals surface area contributed by atoms with Crippen LogP contribution in [0.2, 0.25) is 0 Å². The van der Waals surface area contributed by atoms with Gasteiger partial charge in [-0.05, 0) is 18.8 Å². The zero-order valence-corrected chi connectivity index (χ0v) is 8.05. The average molecular weight is 169 g/mol. The molecule has 0 aliphatic carbocycles. The van der Waals surface area contributed by atoms with Crippen LogP contribution < -0.4 is 5.32 Å². The third kappa shape index (κ3) is 2.95. The Labute approximate surface area is 75.0 Å². The summed E-state index contributed by atoms with van der Waals surface area (Å²) in [7, 11) is 1.77. The first-order valence-corrected chi connectivity index (χ1v) is 4.75. The highest BCUT2D eigenvalue weighted by molar-refractivity contribution is 4.97. The molecule has 12 heavy (non-hydrogen) atoms. The van der Waals surface area contributed by atoms with Crippen LogP contribution >= 0.6 is 0 Å². The molecule has 0 saturated carbocycles. The van der Waals surface area contributed by atoms with Gasteiger partial charge in [0, 0.05) is 19.7 Å². The fourth-order valence-electron chi connectivity index (χ4n) is 1.65. The monoisotopic (exact) mass is 169 g/mol.